The summed E-state index contributed by atoms with van der Waals surface area (Å²) in [6.45, 7) is 1.75. The highest BCUT2D eigenvalue weighted by molar-refractivity contribution is 8.07. The lowest BCUT2D eigenvalue weighted by molar-refractivity contribution is -0.136. The monoisotopic (exact) mass is 198 g/mol. The smallest absolute Gasteiger partial charge is 0.330 e. The van der Waals surface area contributed by atoms with Crippen LogP contribution in [0.25, 0.3) is 0 Å². The van der Waals surface area contributed by atoms with Crippen LogP contribution in [0, 0.1) is 10.7 Å². The summed E-state index contributed by atoms with van der Waals surface area (Å²) in [7, 11) is 0. The van der Waals surface area contributed by atoms with Gasteiger partial charge in [0.1, 0.15) is 12.0 Å². The van der Waals surface area contributed by atoms with Crippen molar-refractivity contribution in [1.29, 1.82) is 5.26 Å². The van der Waals surface area contributed by atoms with Gasteiger partial charge in [-0.3, -0.25) is 0 Å². The maximum Gasteiger partial charge on any atom is 0.330 e. The molecule has 0 unspecified atom stereocenters. The Morgan fingerprint density at radius 1 is 1.77 bits per heavy atom. The average Bonchev–Trinajstić information content (AvgIpc) is 2.12. The van der Waals surface area contributed by atoms with Crippen LogP contribution in [0.15, 0.2) is 23.3 Å². The molecule has 0 heterocycles. The normalized spacial score (nSPS) is 11.2. The summed E-state index contributed by atoms with van der Waals surface area (Å²) in [6, 6.07) is 0. The van der Waals surface area contributed by atoms with E-state index in [1.54, 1.807) is 13.0 Å². The number of esters is 1. The van der Waals surface area contributed by atoms with Crippen molar-refractivity contribution in [2.45, 2.75) is 6.92 Å². The minimum Gasteiger partial charge on any atom is -0.457 e. The zero-order valence-corrected chi connectivity index (χ0v) is 8.00. The van der Waals surface area contributed by atoms with Crippen LogP contribution in [0.4, 0.5) is 0 Å². The van der Waals surface area contributed by atoms with Gasteiger partial charge in [0.05, 0.1) is 4.91 Å². The van der Waals surface area contributed by atoms with Gasteiger partial charge in [-0.05, 0) is 18.7 Å². The Labute approximate surface area is 81.0 Å². The van der Waals surface area contributed by atoms with E-state index in [9.17, 15) is 4.79 Å². The number of thioether (sulfide) groups is 1. The number of carbonyl (C=O) groups excluding carboxylic acids is 1. The first-order valence-corrected chi connectivity index (χ1v) is 4.32. The van der Waals surface area contributed by atoms with Crippen LogP contribution in [0.2, 0.25) is 0 Å². The molecule has 0 aliphatic rings. The molecule has 0 spiro atoms. The van der Waals surface area contributed by atoms with Crippen LogP contribution >= 0.6 is 11.8 Å². The molecule has 0 aliphatic carbocycles. The minimum atomic E-state index is -0.444. The molecule has 0 aliphatic heterocycles. The number of hydrogen-bond acceptors (Lipinski definition) is 5. The van der Waals surface area contributed by atoms with E-state index in [-0.39, 0.29) is 6.61 Å². The quantitative estimate of drug-likeness (QED) is 0.416. The molecule has 5 heteroatoms. The summed E-state index contributed by atoms with van der Waals surface area (Å²) < 4.78 is 4.74. The first-order valence-electron chi connectivity index (χ1n) is 3.50. The summed E-state index contributed by atoms with van der Waals surface area (Å²) in [5.74, 6) is -0.444. The largest absolute Gasteiger partial charge is 0.457 e. The number of rotatable bonds is 4. The molecule has 0 atom stereocenters. The summed E-state index contributed by atoms with van der Waals surface area (Å²) >= 11 is 0.877. The number of hydrogen-bond donors (Lipinski definition) is 1. The molecule has 0 bridgehead atoms. The minimum absolute atomic E-state index is 0.0396. The Balaban J connectivity index is 3.87. The van der Waals surface area contributed by atoms with Crippen molar-refractivity contribution in [3.8, 4) is 5.40 Å². The predicted octanol–water partition coefficient (Wildman–Crippen LogP) is 1.12. The van der Waals surface area contributed by atoms with E-state index in [0.29, 0.717) is 4.91 Å². The highest BCUT2D eigenvalue weighted by Crippen LogP contribution is 2.12. The molecule has 0 saturated carbocycles. The van der Waals surface area contributed by atoms with Gasteiger partial charge < -0.3 is 10.5 Å². The van der Waals surface area contributed by atoms with E-state index in [2.05, 4.69) is 0 Å². The van der Waals surface area contributed by atoms with Crippen LogP contribution in [0.5, 0.6) is 0 Å². The highest BCUT2D eigenvalue weighted by atomic mass is 32.2. The van der Waals surface area contributed by atoms with Crippen molar-refractivity contribution in [3.05, 3.63) is 23.3 Å². The fourth-order valence-corrected chi connectivity index (χ4v) is 0.800. The molecule has 0 aromatic heterocycles. The van der Waals surface area contributed by atoms with Crippen molar-refractivity contribution in [2.24, 2.45) is 5.73 Å². The Morgan fingerprint density at radius 2 is 2.46 bits per heavy atom. The lowest BCUT2D eigenvalue weighted by Crippen LogP contribution is -2.04. The molecule has 0 radical (unpaired) electrons. The third-order valence-electron chi connectivity index (χ3n) is 1.02. The molecule has 70 valence electrons. The number of ether oxygens (including phenoxy) is 1. The molecule has 0 aromatic rings. The second kappa shape index (κ2) is 7.25. The SMILES string of the molecule is C/C=C/C(=O)OCC(=CN)SC#N. The van der Waals surface area contributed by atoms with Crippen molar-refractivity contribution in [1.82, 2.24) is 0 Å². The topological polar surface area (TPSA) is 76.1 Å². The van der Waals surface area contributed by atoms with Gasteiger partial charge in [0, 0.05) is 12.3 Å². The summed E-state index contributed by atoms with van der Waals surface area (Å²) in [6.07, 6.45) is 4.12. The highest BCUT2D eigenvalue weighted by Gasteiger charge is 2.00. The summed E-state index contributed by atoms with van der Waals surface area (Å²) in [5.41, 5.74) is 5.18. The average molecular weight is 198 g/mol. The van der Waals surface area contributed by atoms with E-state index >= 15 is 0 Å². The van der Waals surface area contributed by atoms with Crippen LogP contribution in [0.1, 0.15) is 6.92 Å². The molecular weight excluding hydrogens is 188 g/mol. The fourth-order valence-electron chi connectivity index (χ4n) is 0.497. The van der Waals surface area contributed by atoms with Gasteiger partial charge in [-0.15, -0.1) is 0 Å². The summed E-state index contributed by atoms with van der Waals surface area (Å²) in [4.78, 5) is 11.3. The van der Waals surface area contributed by atoms with Crippen molar-refractivity contribution >= 4 is 17.7 Å². The van der Waals surface area contributed by atoms with Crippen LogP contribution in [0.3, 0.4) is 0 Å². The number of thiocyanates is 1. The van der Waals surface area contributed by atoms with Crippen LogP contribution < -0.4 is 5.73 Å². The Bertz CT molecular complexity index is 266. The molecule has 0 fully saturated rings. The first kappa shape index (κ1) is 11.6. The van der Waals surface area contributed by atoms with Crippen molar-refractivity contribution in [2.75, 3.05) is 6.61 Å². The van der Waals surface area contributed by atoms with E-state index < -0.39 is 5.97 Å². The van der Waals surface area contributed by atoms with Crippen LogP contribution in [-0.2, 0) is 9.53 Å². The van der Waals surface area contributed by atoms with Crippen LogP contribution in [-0.4, -0.2) is 12.6 Å². The summed E-state index contributed by atoms with van der Waals surface area (Å²) in [5, 5.41) is 10.1. The maximum atomic E-state index is 10.8. The van der Waals surface area contributed by atoms with E-state index in [1.165, 1.54) is 12.3 Å². The Kier molecular flexibility index (Phi) is 6.46. The second-order valence-electron chi connectivity index (χ2n) is 1.93. The van der Waals surface area contributed by atoms with Gasteiger partial charge in [-0.1, -0.05) is 6.08 Å². The molecule has 2 N–H and O–H groups in total. The van der Waals surface area contributed by atoms with Gasteiger partial charge >= 0.3 is 5.97 Å². The standard InChI is InChI=1S/C8H10N2O2S/c1-2-3-8(11)12-5-7(4-9)13-6-10/h2-4H,5,9H2,1H3/b3-2+,7-4?. The van der Waals surface area contributed by atoms with Gasteiger partial charge in [-0.2, -0.15) is 5.26 Å². The van der Waals surface area contributed by atoms with E-state index in [0.717, 1.165) is 11.8 Å². The first-order chi connectivity index (χ1) is 6.24. The molecule has 0 saturated heterocycles. The molecular formula is C8H10N2O2S. The van der Waals surface area contributed by atoms with Gasteiger partial charge in [0.15, 0.2) is 0 Å². The van der Waals surface area contributed by atoms with Crippen molar-refractivity contribution in [3.63, 3.8) is 0 Å². The molecule has 0 amide bonds. The third kappa shape index (κ3) is 5.82. The van der Waals surface area contributed by atoms with Gasteiger partial charge in [-0.25, -0.2) is 4.79 Å². The second-order valence-corrected chi connectivity index (χ2v) is 2.85. The lowest BCUT2D eigenvalue weighted by atomic mass is 10.5. The van der Waals surface area contributed by atoms with E-state index in [1.807, 2.05) is 5.40 Å². The maximum absolute atomic E-state index is 10.8. The molecule has 4 nitrogen and oxygen atoms in total. The fraction of sp³-hybridized carbons (Fsp3) is 0.250. The van der Waals surface area contributed by atoms with E-state index in [4.69, 9.17) is 15.7 Å². The number of allylic oxidation sites excluding steroid dienone is 1. The zero-order chi connectivity index (χ0) is 10.1. The predicted molar refractivity (Wildman–Crippen MR) is 51.2 cm³/mol. The van der Waals surface area contributed by atoms with Gasteiger partial charge in [0.2, 0.25) is 0 Å². The Hall–Kier alpha value is -1.41. The number of nitriles is 1. The van der Waals surface area contributed by atoms with Crippen molar-refractivity contribution < 1.29 is 9.53 Å². The third-order valence-corrected chi connectivity index (χ3v) is 1.63. The Morgan fingerprint density at radius 3 is 2.92 bits per heavy atom. The molecule has 0 rings (SSSR count). The number of carbonyl (C=O) groups is 1. The number of nitrogens with zero attached hydrogens (tertiary/aromatic N) is 1. The van der Waals surface area contributed by atoms with Gasteiger partial charge in [0.25, 0.3) is 0 Å². The molecule has 0 aromatic carbocycles. The molecule has 13 heavy (non-hydrogen) atoms. The number of nitrogens with two attached hydrogens (primary N) is 1. The lowest BCUT2D eigenvalue weighted by Gasteiger charge is -2.01. The zero-order valence-electron chi connectivity index (χ0n) is 7.19.